The normalized spacial score (nSPS) is 46.2. The maximum absolute atomic E-state index is 13.0. The van der Waals surface area contributed by atoms with Gasteiger partial charge in [-0.25, -0.2) is 0 Å². The molecule has 5 nitrogen and oxygen atoms in total. The quantitative estimate of drug-likeness (QED) is 0.576. The first-order chi connectivity index (χ1) is 13.5. The van der Waals surface area contributed by atoms with E-state index in [1.54, 1.807) is 0 Å². The van der Waals surface area contributed by atoms with Gasteiger partial charge in [-0.15, -0.1) is 0 Å². The summed E-state index contributed by atoms with van der Waals surface area (Å²) in [6, 6.07) is 0. The minimum Gasteiger partial charge on any atom is -0.458 e. The summed E-state index contributed by atoms with van der Waals surface area (Å²) in [6.07, 6.45) is 8.13. The number of hydrogen-bond donors (Lipinski definition) is 1. The molecule has 1 N–H and O–H groups in total. The van der Waals surface area contributed by atoms with Gasteiger partial charge in [-0.05, 0) is 61.2 Å². The van der Waals surface area contributed by atoms with Crippen LogP contribution in [-0.4, -0.2) is 34.9 Å². The van der Waals surface area contributed by atoms with E-state index in [1.807, 2.05) is 6.92 Å². The highest BCUT2D eigenvalue weighted by atomic mass is 16.5. The number of rotatable bonds is 3. The molecule has 29 heavy (non-hydrogen) atoms. The minimum absolute atomic E-state index is 0.0733. The molecular formula is C24H34O5. The lowest BCUT2D eigenvalue weighted by molar-refractivity contribution is -0.167. The number of ketones is 2. The SMILES string of the molecule is CC(=O)OCC(=O)[C@]1(O)[C@H](C)C[C@@H]2[C@@H]3CC[C@@H]4CC(=O)CC[C@]4(C)C3=CC[C@]21C. The molecule has 160 valence electrons. The van der Waals surface area contributed by atoms with Crippen molar-refractivity contribution in [3.63, 3.8) is 0 Å². The standard InChI is InChI=1S/C24H34O5/c1-14-11-20-18-6-5-16-12-17(26)7-9-22(16,3)19(18)8-10-23(20,4)24(14,28)21(27)13-29-15(2)25/h8,14,16,18,20,28H,5-7,9-13H2,1-4H3/t14-,16-,18-,20-,22+,23-,24-/m1/s1. The third-order valence-electron chi connectivity index (χ3n) is 9.26. The van der Waals surface area contributed by atoms with Crippen LogP contribution in [0.3, 0.4) is 0 Å². The largest absolute Gasteiger partial charge is 0.458 e. The van der Waals surface area contributed by atoms with Gasteiger partial charge in [0, 0.05) is 25.2 Å². The number of hydrogen-bond acceptors (Lipinski definition) is 5. The molecule has 5 heteroatoms. The molecule has 0 bridgehead atoms. The Morgan fingerprint density at radius 3 is 2.69 bits per heavy atom. The molecule has 3 fully saturated rings. The number of ether oxygens (including phenoxy) is 1. The predicted molar refractivity (Wildman–Crippen MR) is 108 cm³/mol. The summed E-state index contributed by atoms with van der Waals surface area (Å²) in [4.78, 5) is 36.3. The molecule has 0 radical (unpaired) electrons. The molecule has 3 saturated carbocycles. The van der Waals surface area contributed by atoms with Gasteiger partial charge < -0.3 is 9.84 Å². The van der Waals surface area contributed by atoms with Crippen molar-refractivity contribution < 1.29 is 24.2 Å². The molecule has 4 rings (SSSR count). The molecular weight excluding hydrogens is 368 g/mol. The van der Waals surface area contributed by atoms with Crippen molar-refractivity contribution in [3.05, 3.63) is 11.6 Å². The smallest absolute Gasteiger partial charge is 0.303 e. The van der Waals surface area contributed by atoms with Crippen LogP contribution in [0.4, 0.5) is 0 Å². The van der Waals surface area contributed by atoms with E-state index in [0.29, 0.717) is 36.9 Å². The van der Waals surface area contributed by atoms with Gasteiger partial charge in [0.1, 0.15) is 11.4 Å². The van der Waals surface area contributed by atoms with E-state index in [1.165, 1.54) is 12.5 Å². The first kappa shape index (κ1) is 20.8. The zero-order valence-electron chi connectivity index (χ0n) is 18.1. The van der Waals surface area contributed by atoms with Crippen molar-refractivity contribution in [2.24, 2.45) is 34.5 Å². The van der Waals surface area contributed by atoms with Gasteiger partial charge in [0.15, 0.2) is 6.61 Å². The van der Waals surface area contributed by atoms with Crippen LogP contribution in [0, 0.1) is 34.5 Å². The van der Waals surface area contributed by atoms with Gasteiger partial charge in [-0.3, -0.25) is 14.4 Å². The van der Waals surface area contributed by atoms with Crippen molar-refractivity contribution >= 4 is 17.5 Å². The summed E-state index contributed by atoms with van der Waals surface area (Å²) in [5.41, 5.74) is -0.474. The molecule has 0 aliphatic heterocycles. The highest BCUT2D eigenvalue weighted by molar-refractivity contribution is 5.91. The number of fused-ring (bicyclic) bond motifs is 5. The zero-order valence-corrected chi connectivity index (χ0v) is 18.1. The Morgan fingerprint density at radius 1 is 1.28 bits per heavy atom. The summed E-state index contributed by atoms with van der Waals surface area (Å²) in [5.74, 6) is 0.376. The van der Waals surface area contributed by atoms with Crippen LogP contribution in [0.1, 0.15) is 72.6 Å². The molecule has 4 aliphatic rings. The molecule has 0 aromatic carbocycles. The van der Waals surface area contributed by atoms with Gasteiger partial charge >= 0.3 is 5.97 Å². The van der Waals surface area contributed by atoms with Crippen molar-refractivity contribution in [2.75, 3.05) is 6.61 Å². The van der Waals surface area contributed by atoms with E-state index in [0.717, 1.165) is 25.7 Å². The van der Waals surface area contributed by atoms with E-state index in [9.17, 15) is 19.5 Å². The van der Waals surface area contributed by atoms with E-state index < -0.39 is 17.0 Å². The minimum atomic E-state index is -1.48. The lowest BCUT2D eigenvalue weighted by Crippen LogP contribution is -2.58. The fourth-order valence-electron chi connectivity index (χ4n) is 7.53. The molecule has 0 saturated heterocycles. The number of aliphatic hydroxyl groups is 1. The van der Waals surface area contributed by atoms with Crippen LogP contribution in [-0.2, 0) is 19.1 Å². The van der Waals surface area contributed by atoms with E-state index in [-0.39, 0.29) is 29.6 Å². The average Bonchev–Trinajstić information content (AvgIpc) is 2.88. The second kappa shape index (κ2) is 6.76. The van der Waals surface area contributed by atoms with E-state index in [2.05, 4.69) is 19.9 Å². The van der Waals surface area contributed by atoms with E-state index in [4.69, 9.17) is 4.74 Å². The van der Waals surface area contributed by atoms with Crippen LogP contribution >= 0.6 is 0 Å². The van der Waals surface area contributed by atoms with Crippen LogP contribution in [0.25, 0.3) is 0 Å². The third-order valence-corrected chi connectivity index (χ3v) is 9.26. The first-order valence-electron chi connectivity index (χ1n) is 11.2. The Balaban J connectivity index is 1.67. The van der Waals surface area contributed by atoms with Gasteiger partial charge in [0.25, 0.3) is 0 Å². The molecule has 0 aromatic rings. The maximum Gasteiger partial charge on any atom is 0.303 e. The summed E-state index contributed by atoms with van der Waals surface area (Å²) < 4.78 is 4.96. The van der Waals surface area contributed by atoms with Crippen LogP contribution in [0.15, 0.2) is 11.6 Å². The summed E-state index contributed by atoms with van der Waals surface area (Å²) in [5, 5.41) is 11.7. The van der Waals surface area contributed by atoms with Gasteiger partial charge in [-0.1, -0.05) is 32.4 Å². The molecule has 7 atom stereocenters. The topological polar surface area (TPSA) is 80.7 Å². The number of carbonyl (C=O) groups is 3. The second-order valence-corrected chi connectivity index (χ2v) is 10.5. The molecule has 0 aromatic heterocycles. The molecule has 4 aliphatic carbocycles. The fourth-order valence-corrected chi connectivity index (χ4v) is 7.53. The van der Waals surface area contributed by atoms with Crippen LogP contribution in [0.2, 0.25) is 0 Å². The Bertz CT molecular complexity index is 784. The van der Waals surface area contributed by atoms with Crippen LogP contribution in [0.5, 0.6) is 0 Å². The molecule has 0 unspecified atom stereocenters. The number of esters is 1. The van der Waals surface area contributed by atoms with E-state index >= 15 is 0 Å². The second-order valence-electron chi connectivity index (χ2n) is 10.5. The Kier molecular flexibility index (Phi) is 4.84. The Morgan fingerprint density at radius 2 is 2.00 bits per heavy atom. The highest BCUT2D eigenvalue weighted by Crippen LogP contribution is 2.67. The number of allylic oxidation sites excluding steroid dienone is 2. The predicted octanol–water partition coefficient (Wildman–Crippen LogP) is 3.63. The van der Waals surface area contributed by atoms with Crippen molar-refractivity contribution in [3.8, 4) is 0 Å². The Hall–Kier alpha value is -1.49. The first-order valence-corrected chi connectivity index (χ1v) is 11.2. The van der Waals surface area contributed by atoms with Gasteiger partial charge in [-0.2, -0.15) is 0 Å². The summed E-state index contributed by atoms with van der Waals surface area (Å²) in [6.45, 7) is 7.27. The Labute approximate surface area is 173 Å². The lowest BCUT2D eigenvalue weighted by atomic mass is 9.48. The van der Waals surface area contributed by atoms with Gasteiger partial charge in [0.2, 0.25) is 5.78 Å². The van der Waals surface area contributed by atoms with Gasteiger partial charge in [0.05, 0.1) is 0 Å². The summed E-state index contributed by atoms with van der Waals surface area (Å²) >= 11 is 0. The lowest BCUT2D eigenvalue weighted by Gasteiger charge is -2.56. The summed E-state index contributed by atoms with van der Waals surface area (Å²) in [7, 11) is 0. The number of Topliss-reactive ketones (excluding diaryl/α,β-unsaturated/α-hetero) is 2. The maximum atomic E-state index is 13.0. The highest BCUT2D eigenvalue weighted by Gasteiger charge is 2.67. The zero-order chi connectivity index (χ0) is 21.2. The molecule has 0 heterocycles. The average molecular weight is 403 g/mol. The monoisotopic (exact) mass is 402 g/mol. The fraction of sp³-hybridized carbons (Fsp3) is 0.792. The molecule has 0 amide bonds. The molecule has 0 spiro atoms. The third kappa shape index (κ3) is 2.79. The van der Waals surface area contributed by atoms with Crippen molar-refractivity contribution in [2.45, 2.75) is 78.2 Å². The van der Waals surface area contributed by atoms with Crippen LogP contribution < -0.4 is 0 Å². The van der Waals surface area contributed by atoms with Crippen molar-refractivity contribution in [1.29, 1.82) is 0 Å². The number of carbonyl (C=O) groups excluding carboxylic acids is 3. The van der Waals surface area contributed by atoms with Crippen molar-refractivity contribution in [1.82, 2.24) is 0 Å².